The molecule has 0 spiro atoms. The van der Waals surface area contributed by atoms with Crippen LogP contribution in [0, 0.1) is 5.41 Å². The van der Waals surface area contributed by atoms with Gasteiger partial charge in [-0.2, -0.15) is 0 Å². The Kier molecular flexibility index (Phi) is 6.60. The lowest BCUT2D eigenvalue weighted by molar-refractivity contribution is -0.139. The van der Waals surface area contributed by atoms with Crippen LogP contribution >= 0.6 is 0 Å². The maximum absolute atomic E-state index is 10.9. The number of carboxylic acids is 1. The van der Waals surface area contributed by atoms with Gasteiger partial charge in [0.05, 0.1) is 0 Å². The molecule has 0 aromatic rings. The first-order chi connectivity index (χ1) is 7.26. The number of rotatable bonds is 7. The number of carboxylic acid groups (broad SMARTS) is 1. The standard InChI is InChI=1S/C12H26N2O2/c1-6-13-10(11(15)16)7-8-14(5)9-12(2,3)4/h10,13H,6-9H2,1-5H3,(H,15,16). The molecule has 0 saturated heterocycles. The zero-order valence-electron chi connectivity index (χ0n) is 11.2. The molecule has 1 atom stereocenters. The van der Waals surface area contributed by atoms with Crippen molar-refractivity contribution < 1.29 is 9.90 Å². The minimum atomic E-state index is -0.758. The van der Waals surface area contributed by atoms with Gasteiger partial charge in [0.1, 0.15) is 6.04 Å². The Morgan fingerprint density at radius 1 is 1.44 bits per heavy atom. The van der Waals surface area contributed by atoms with E-state index in [0.29, 0.717) is 13.0 Å². The molecule has 1 unspecified atom stereocenters. The number of likely N-dealkylation sites (N-methyl/N-ethyl adjacent to an activating group) is 1. The summed E-state index contributed by atoms with van der Waals surface area (Å²) in [6.45, 7) is 11.0. The molecule has 0 bridgehead atoms. The first kappa shape index (κ1) is 15.4. The molecule has 0 rings (SSSR count). The molecule has 4 nitrogen and oxygen atoms in total. The van der Waals surface area contributed by atoms with E-state index in [1.165, 1.54) is 0 Å². The van der Waals surface area contributed by atoms with Crippen molar-refractivity contribution in [3.63, 3.8) is 0 Å². The Morgan fingerprint density at radius 3 is 2.38 bits per heavy atom. The number of nitrogens with zero attached hydrogens (tertiary/aromatic N) is 1. The molecule has 0 aromatic heterocycles. The van der Waals surface area contributed by atoms with E-state index in [1.54, 1.807) is 0 Å². The summed E-state index contributed by atoms with van der Waals surface area (Å²) in [5, 5.41) is 11.9. The summed E-state index contributed by atoms with van der Waals surface area (Å²) in [5.74, 6) is -0.758. The number of nitrogens with one attached hydrogen (secondary N) is 1. The van der Waals surface area contributed by atoms with Gasteiger partial charge in [0, 0.05) is 6.54 Å². The van der Waals surface area contributed by atoms with E-state index in [9.17, 15) is 4.79 Å². The maximum Gasteiger partial charge on any atom is 0.320 e. The van der Waals surface area contributed by atoms with Crippen LogP contribution in [0.25, 0.3) is 0 Å². The highest BCUT2D eigenvalue weighted by molar-refractivity contribution is 5.73. The van der Waals surface area contributed by atoms with Gasteiger partial charge in [0.2, 0.25) is 0 Å². The fourth-order valence-electron chi connectivity index (χ4n) is 1.80. The molecule has 0 aliphatic heterocycles. The van der Waals surface area contributed by atoms with Crippen molar-refractivity contribution in [1.29, 1.82) is 0 Å². The largest absolute Gasteiger partial charge is 0.480 e. The summed E-state index contributed by atoms with van der Waals surface area (Å²) in [6, 6.07) is -0.424. The van der Waals surface area contributed by atoms with Crippen molar-refractivity contribution in [2.45, 2.75) is 40.2 Å². The molecule has 0 aromatic carbocycles. The zero-order valence-corrected chi connectivity index (χ0v) is 11.2. The quantitative estimate of drug-likeness (QED) is 0.694. The second-order valence-electron chi connectivity index (χ2n) is 5.54. The van der Waals surface area contributed by atoms with Crippen LogP contribution in [-0.4, -0.2) is 48.7 Å². The zero-order chi connectivity index (χ0) is 12.8. The lowest BCUT2D eigenvalue weighted by Crippen LogP contribution is -2.40. The van der Waals surface area contributed by atoms with Crippen molar-refractivity contribution in [3.05, 3.63) is 0 Å². The van der Waals surface area contributed by atoms with Crippen LogP contribution in [0.15, 0.2) is 0 Å². The van der Waals surface area contributed by atoms with Crippen LogP contribution in [-0.2, 0) is 4.79 Å². The monoisotopic (exact) mass is 230 g/mol. The minimum absolute atomic E-state index is 0.256. The number of hydrogen-bond acceptors (Lipinski definition) is 3. The molecule has 16 heavy (non-hydrogen) atoms. The van der Waals surface area contributed by atoms with Crippen LogP contribution in [0.1, 0.15) is 34.1 Å². The van der Waals surface area contributed by atoms with Gasteiger partial charge in [0.25, 0.3) is 0 Å². The Hall–Kier alpha value is -0.610. The van der Waals surface area contributed by atoms with Crippen molar-refractivity contribution in [3.8, 4) is 0 Å². The van der Waals surface area contributed by atoms with Crippen LogP contribution in [0.2, 0.25) is 0 Å². The summed E-state index contributed by atoms with van der Waals surface area (Å²) in [6.07, 6.45) is 0.649. The first-order valence-corrected chi connectivity index (χ1v) is 5.91. The second kappa shape index (κ2) is 6.86. The molecule has 2 N–H and O–H groups in total. The first-order valence-electron chi connectivity index (χ1n) is 5.91. The Labute approximate surface area is 99.0 Å². The van der Waals surface area contributed by atoms with Gasteiger partial charge in [-0.3, -0.25) is 4.79 Å². The van der Waals surface area contributed by atoms with Gasteiger partial charge >= 0.3 is 5.97 Å². The Balaban J connectivity index is 3.96. The normalized spacial score (nSPS) is 14.1. The van der Waals surface area contributed by atoms with E-state index in [1.807, 2.05) is 14.0 Å². The summed E-state index contributed by atoms with van der Waals surface area (Å²) in [5.41, 5.74) is 0.256. The predicted octanol–water partition coefficient (Wildman–Crippen LogP) is 1.42. The molecule has 0 aliphatic carbocycles. The van der Waals surface area contributed by atoms with E-state index in [-0.39, 0.29) is 5.41 Å². The van der Waals surface area contributed by atoms with Gasteiger partial charge in [-0.05, 0) is 32.0 Å². The van der Waals surface area contributed by atoms with Gasteiger partial charge < -0.3 is 15.3 Å². The van der Waals surface area contributed by atoms with E-state index in [4.69, 9.17) is 5.11 Å². The highest BCUT2D eigenvalue weighted by Gasteiger charge is 2.18. The number of carbonyl (C=O) groups is 1. The van der Waals surface area contributed by atoms with Crippen LogP contribution < -0.4 is 5.32 Å². The second-order valence-corrected chi connectivity index (χ2v) is 5.54. The van der Waals surface area contributed by atoms with E-state index in [0.717, 1.165) is 13.1 Å². The van der Waals surface area contributed by atoms with Crippen molar-refractivity contribution in [2.24, 2.45) is 5.41 Å². The third-order valence-corrected chi connectivity index (χ3v) is 2.29. The smallest absolute Gasteiger partial charge is 0.320 e. The molecule has 0 amide bonds. The van der Waals surface area contributed by atoms with E-state index < -0.39 is 12.0 Å². The van der Waals surface area contributed by atoms with Crippen molar-refractivity contribution in [1.82, 2.24) is 10.2 Å². The lowest BCUT2D eigenvalue weighted by atomic mass is 9.96. The molecule has 0 fully saturated rings. The fourth-order valence-corrected chi connectivity index (χ4v) is 1.80. The maximum atomic E-state index is 10.9. The predicted molar refractivity (Wildman–Crippen MR) is 66.7 cm³/mol. The number of hydrogen-bond donors (Lipinski definition) is 2. The fraction of sp³-hybridized carbons (Fsp3) is 0.917. The third-order valence-electron chi connectivity index (χ3n) is 2.29. The van der Waals surface area contributed by atoms with Gasteiger partial charge in [-0.15, -0.1) is 0 Å². The van der Waals surface area contributed by atoms with E-state index >= 15 is 0 Å². The van der Waals surface area contributed by atoms with Crippen LogP contribution in [0.5, 0.6) is 0 Å². The van der Waals surface area contributed by atoms with Crippen LogP contribution in [0.4, 0.5) is 0 Å². The summed E-state index contributed by atoms with van der Waals surface area (Å²) >= 11 is 0. The average molecular weight is 230 g/mol. The summed E-state index contributed by atoms with van der Waals surface area (Å²) in [4.78, 5) is 13.1. The summed E-state index contributed by atoms with van der Waals surface area (Å²) < 4.78 is 0. The van der Waals surface area contributed by atoms with Crippen molar-refractivity contribution in [2.75, 3.05) is 26.7 Å². The molecule has 96 valence electrons. The lowest BCUT2D eigenvalue weighted by Gasteiger charge is -2.27. The van der Waals surface area contributed by atoms with E-state index in [2.05, 4.69) is 31.0 Å². The molecule has 0 heterocycles. The molecule has 0 saturated carbocycles. The van der Waals surface area contributed by atoms with Gasteiger partial charge in [-0.25, -0.2) is 0 Å². The highest BCUT2D eigenvalue weighted by Crippen LogP contribution is 2.14. The summed E-state index contributed by atoms with van der Waals surface area (Å²) in [7, 11) is 2.04. The minimum Gasteiger partial charge on any atom is -0.480 e. The van der Waals surface area contributed by atoms with Gasteiger partial charge in [0.15, 0.2) is 0 Å². The molecule has 0 radical (unpaired) electrons. The molecule has 0 aliphatic rings. The molecule has 4 heteroatoms. The van der Waals surface area contributed by atoms with Crippen molar-refractivity contribution >= 4 is 5.97 Å². The number of aliphatic carboxylic acids is 1. The highest BCUT2D eigenvalue weighted by atomic mass is 16.4. The Morgan fingerprint density at radius 2 is 2.00 bits per heavy atom. The molecular weight excluding hydrogens is 204 g/mol. The SMILES string of the molecule is CCNC(CCN(C)CC(C)(C)C)C(=O)O. The van der Waals surface area contributed by atoms with Gasteiger partial charge in [-0.1, -0.05) is 27.7 Å². The van der Waals surface area contributed by atoms with Crippen LogP contribution in [0.3, 0.4) is 0 Å². The third kappa shape index (κ3) is 7.65. The molecular formula is C12H26N2O2. The average Bonchev–Trinajstić information content (AvgIpc) is 2.08. The topological polar surface area (TPSA) is 52.6 Å². The Bertz CT molecular complexity index is 212.